The first-order valence-electron chi connectivity index (χ1n) is 7.05. The summed E-state index contributed by atoms with van der Waals surface area (Å²) in [5.41, 5.74) is 1.51. The third-order valence-corrected chi connectivity index (χ3v) is 3.50. The summed E-state index contributed by atoms with van der Waals surface area (Å²) in [4.78, 5) is 23.3. The second-order valence-corrected chi connectivity index (χ2v) is 6.37. The van der Waals surface area contributed by atoms with E-state index in [1.165, 1.54) is 0 Å². The lowest BCUT2D eigenvalue weighted by molar-refractivity contribution is -0.142. The Balaban J connectivity index is 2.14. The smallest absolute Gasteiger partial charge is 0.407 e. The summed E-state index contributed by atoms with van der Waals surface area (Å²) in [6.07, 6.45) is 0.358. The summed E-state index contributed by atoms with van der Waals surface area (Å²) in [5, 5.41) is 12.1. The van der Waals surface area contributed by atoms with Crippen molar-refractivity contribution in [2.24, 2.45) is 5.92 Å². The average Bonchev–Trinajstić information content (AvgIpc) is 2.35. The predicted octanol–water partition coefficient (Wildman–Crippen LogP) is 2.38. The molecule has 0 saturated carbocycles. The van der Waals surface area contributed by atoms with Gasteiger partial charge in [0.25, 0.3) is 0 Å². The Bertz CT molecular complexity index is 547. The molecule has 0 radical (unpaired) electrons. The van der Waals surface area contributed by atoms with Gasteiger partial charge in [-0.3, -0.25) is 4.79 Å². The van der Waals surface area contributed by atoms with Gasteiger partial charge in [-0.2, -0.15) is 0 Å². The van der Waals surface area contributed by atoms with Crippen molar-refractivity contribution in [1.29, 1.82) is 0 Å². The van der Waals surface area contributed by atoms with Crippen molar-refractivity contribution in [2.75, 3.05) is 0 Å². The minimum atomic E-state index is -0.898. The number of carbonyl (C=O) groups excluding carboxylic acids is 1. The Hall–Kier alpha value is -2.04. The van der Waals surface area contributed by atoms with Gasteiger partial charge in [0, 0.05) is 6.04 Å². The molecule has 0 bridgehead atoms. The lowest BCUT2D eigenvalue weighted by Crippen LogP contribution is -2.49. The van der Waals surface area contributed by atoms with Gasteiger partial charge in [0.2, 0.25) is 0 Å². The Morgan fingerprint density at radius 3 is 2.29 bits per heavy atom. The molecule has 1 aromatic rings. The molecule has 0 saturated heterocycles. The van der Waals surface area contributed by atoms with E-state index >= 15 is 0 Å². The van der Waals surface area contributed by atoms with Crippen molar-refractivity contribution in [3.05, 3.63) is 35.4 Å². The van der Waals surface area contributed by atoms with Gasteiger partial charge < -0.3 is 15.2 Å². The van der Waals surface area contributed by atoms with E-state index in [9.17, 15) is 14.7 Å². The van der Waals surface area contributed by atoms with Crippen molar-refractivity contribution in [2.45, 2.75) is 45.3 Å². The van der Waals surface area contributed by atoms with Gasteiger partial charge in [-0.25, -0.2) is 4.79 Å². The summed E-state index contributed by atoms with van der Waals surface area (Å²) < 4.78 is 5.21. The molecule has 0 unspecified atom stereocenters. The van der Waals surface area contributed by atoms with E-state index in [0.29, 0.717) is 12.8 Å². The molecule has 21 heavy (non-hydrogen) atoms. The highest BCUT2D eigenvalue weighted by atomic mass is 16.6. The number of fused-ring (bicyclic) bond motifs is 1. The van der Waals surface area contributed by atoms with Crippen molar-refractivity contribution in [3.63, 3.8) is 0 Å². The van der Waals surface area contributed by atoms with Gasteiger partial charge in [0.1, 0.15) is 5.60 Å². The van der Waals surface area contributed by atoms with E-state index in [0.717, 1.165) is 11.1 Å². The molecule has 2 rings (SSSR count). The number of amides is 1. The number of nitrogens with one attached hydrogen (secondary N) is 1. The largest absolute Gasteiger partial charge is 0.481 e. The molecule has 2 atom stereocenters. The minimum Gasteiger partial charge on any atom is -0.481 e. The number of hydrogen-bond donors (Lipinski definition) is 2. The average molecular weight is 291 g/mol. The molecule has 0 heterocycles. The standard InChI is InChI=1S/C16H21NO4/c1-16(2,3)21-15(20)17-13-9-11-7-5-4-6-10(11)8-12(13)14(18)19/h4-7,12-13H,8-9H2,1-3H3,(H,17,20)(H,18,19)/t12-,13-/m0/s1. The summed E-state index contributed by atoms with van der Waals surface area (Å²) in [5.74, 6) is -1.53. The number of alkyl carbamates (subject to hydrolysis) is 1. The van der Waals surface area contributed by atoms with Gasteiger partial charge >= 0.3 is 12.1 Å². The molecule has 1 aromatic carbocycles. The van der Waals surface area contributed by atoms with Gasteiger partial charge in [-0.1, -0.05) is 24.3 Å². The second kappa shape index (κ2) is 5.76. The van der Waals surface area contributed by atoms with Crippen LogP contribution in [0, 0.1) is 5.92 Å². The molecule has 0 aromatic heterocycles. The van der Waals surface area contributed by atoms with Crippen LogP contribution in [0.3, 0.4) is 0 Å². The summed E-state index contributed by atoms with van der Waals surface area (Å²) >= 11 is 0. The summed E-state index contributed by atoms with van der Waals surface area (Å²) in [7, 11) is 0. The van der Waals surface area contributed by atoms with Crippen LogP contribution in [0.4, 0.5) is 4.79 Å². The summed E-state index contributed by atoms with van der Waals surface area (Å²) in [6.45, 7) is 5.33. The zero-order valence-electron chi connectivity index (χ0n) is 12.6. The monoisotopic (exact) mass is 291 g/mol. The Morgan fingerprint density at radius 2 is 1.76 bits per heavy atom. The number of aliphatic carboxylic acids is 1. The first kappa shape index (κ1) is 15.4. The number of carboxylic acid groups (broad SMARTS) is 1. The minimum absolute atomic E-state index is 0.423. The topological polar surface area (TPSA) is 75.6 Å². The maximum Gasteiger partial charge on any atom is 0.407 e. The van der Waals surface area contributed by atoms with E-state index < -0.39 is 29.6 Å². The molecule has 5 nitrogen and oxygen atoms in total. The van der Waals surface area contributed by atoms with Crippen LogP contribution in [0.2, 0.25) is 0 Å². The molecule has 114 valence electrons. The van der Waals surface area contributed by atoms with E-state index in [2.05, 4.69) is 5.32 Å². The maximum absolute atomic E-state index is 11.9. The Labute approximate surface area is 124 Å². The van der Waals surface area contributed by atoms with Crippen LogP contribution >= 0.6 is 0 Å². The fourth-order valence-corrected chi connectivity index (χ4v) is 2.58. The van der Waals surface area contributed by atoms with Crippen LogP contribution in [0.5, 0.6) is 0 Å². The zero-order valence-corrected chi connectivity index (χ0v) is 12.6. The molecule has 1 amide bonds. The maximum atomic E-state index is 11.9. The molecule has 5 heteroatoms. The lowest BCUT2D eigenvalue weighted by Gasteiger charge is -2.31. The molecular formula is C16H21NO4. The normalized spacial score (nSPS) is 21.3. The predicted molar refractivity (Wildman–Crippen MR) is 78.1 cm³/mol. The molecular weight excluding hydrogens is 270 g/mol. The molecule has 2 N–H and O–H groups in total. The molecule has 0 aliphatic heterocycles. The highest BCUT2D eigenvalue weighted by Gasteiger charge is 2.35. The fraction of sp³-hybridized carbons (Fsp3) is 0.500. The van der Waals surface area contributed by atoms with Crippen LogP contribution in [-0.2, 0) is 22.4 Å². The Morgan fingerprint density at radius 1 is 1.19 bits per heavy atom. The van der Waals surface area contributed by atoms with Crippen LogP contribution < -0.4 is 5.32 Å². The first-order valence-corrected chi connectivity index (χ1v) is 7.05. The van der Waals surface area contributed by atoms with Gasteiger partial charge in [-0.15, -0.1) is 0 Å². The second-order valence-electron chi connectivity index (χ2n) is 6.37. The quantitative estimate of drug-likeness (QED) is 0.877. The van der Waals surface area contributed by atoms with Crippen LogP contribution in [-0.4, -0.2) is 28.8 Å². The van der Waals surface area contributed by atoms with Gasteiger partial charge in [0.05, 0.1) is 5.92 Å². The number of carboxylic acids is 1. The van der Waals surface area contributed by atoms with Crippen molar-refractivity contribution >= 4 is 12.1 Å². The van der Waals surface area contributed by atoms with Crippen molar-refractivity contribution < 1.29 is 19.4 Å². The third kappa shape index (κ3) is 3.97. The number of rotatable bonds is 2. The first-order chi connectivity index (χ1) is 9.76. The summed E-state index contributed by atoms with van der Waals surface area (Å²) in [6, 6.07) is 7.28. The van der Waals surface area contributed by atoms with E-state index in [-0.39, 0.29) is 0 Å². The van der Waals surface area contributed by atoms with Gasteiger partial charge in [-0.05, 0) is 44.7 Å². The van der Waals surface area contributed by atoms with Gasteiger partial charge in [0.15, 0.2) is 0 Å². The van der Waals surface area contributed by atoms with E-state index in [1.54, 1.807) is 20.8 Å². The molecule has 1 aliphatic rings. The van der Waals surface area contributed by atoms with Crippen LogP contribution in [0.1, 0.15) is 31.9 Å². The van der Waals surface area contributed by atoms with E-state index in [4.69, 9.17) is 4.74 Å². The molecule has 0 spiro atoms. The highest BCUT2D eigenvalue weighted by molar-refractivity contribution is 5.74. The number of hydrogen-bond acceptors (Lipinski definition) is 3. The van der Waals surface area contributed by atoms with E-state index in [1.807, 2.05) is 24.3 Å². The number of ether oxygens (including phenoxy) is 1. The Kier molecular flexibility index (Phi) is 4.21. The molecule has 0 fully saturated rings. The highest BCUT2D eigenvalue weighted by Crippen LogP contribution is 2.26. The number of benzene rings is 1. The van der Waals surface area contributed by atoms with Crippen LogP contribution in [0.25, 0.3) is 0 Å². The fourth-order valence-electron chi connectivity index (χ4n) is 2.58. The number of carbonyl (C=O) groups is 2. The SMILES string of the molecule is CC(C)(C)OC(=O)N[C@H]1Cc2ccccc2C[C@@H]1C(=O)O. The molecule has 1 aliphatic carbocycles. The van der Waals surface area contributed by atoms with Crippen LogP contribution in [0.15, 0.2) is 24.3 Å². The van der Waals surface area contributed by atoms with Crippen molar-refractivity contribution in [1.82, 2.24) is 5.32 Å². The lowest BCUT2D eigenvalue weighted by atomic mass is 9.80. The third-order valence-electron chi connectivity index (χ3n) is 3.50. The zero-order chi connectivity index (χ0) is 15.6. The van der Waals surface area contributed by atoms with Crippen molar-refractivity contribution in [3.8, 4) is 0 Å².